The van der Waals surface area contributed by atoms with Gasteiger partial charge in [-0.15, -0.1) is 0 Å². The van der Waals surface area contributed by atoms with Crippen molar-refractivity contribution in [3.8, 4) is 0 Å². The van der Waals surface area contributed by atoms with E-state index in [9.17, 15) is 4.79 Å². The Morgan fingerprint density at radius 1 is 1.25 bits per heavy atom. The first-order chi connectivity index (χ1) is 9.65. The van der Waals surface area contributed by atoms with Gasteiger partial charge >= 0.3 is 0 Å². The largest absolute Gasteiger partial charge is 0.382 e. The van der Waals surface area contributed by atoms with E-state index >= 15 is 0 Å². The summed E-state index contributed by atoms with van der Waals surface area (Å²) in [7, 11) is 0. The molecule has 4 nitrogen and oxygen atoms in total. The van der Waals surface area contributed by atoms with Gasteiger partial charge in [0.05, 0.1) is 0 Å². The van der Waals surface area contributed by atoms with Gasteiger partial charge in [0.15, 0.2) is 0 Å². The lowest BCUT2D eigenvalue weighted by Gasteiger charge is -2.28. The second kappa shape index (κ2) is 5.29. The van der Waals surface area contributed by atoms with Gasteiger partial charge < -0.3 is 16.0 Å². The maximum absolute atomic E-state index is 11.9. The summed E-state index contributed by atoms with van der Waals surface area (Å²) in [4.78, 5) is 14.7. The first-order valence-corrected chi connectivity index (χ1v) is 7.28. The van der Waals surface area contributed by atoms with Gasteiger partial charge in [-0.05, 0) is 50.3 Å². The molecular weight excluding hydrogens is 250 g/mol. The van der Waals surface area contributed by atoms with Gasteiger partial charge in [-0.1, -0.05) is 6.07 Å². The van der Waals surface area contributed by atoms with Crippen molar-refractivity contribution >= 4 is 16.5 Å². The Kier molecular flexibility index (Phi) is 3.49. The molecule has 0 radical (unpaired) electrons. The Labute approximate surface area is 118 Å². The van der Waals surface area contributed by atoms with Crippen LogP contribution in [0.3, 0.4) is 0 Å². The summed E-state index contributed by atoms with van der Waals surface area (Å²) >= 11 is 0. The molecule has 4 heteroatoms. The minimum atomic E-state index is -0.0279. The Bertz CT molecular complexity index is 669. The molecule has 106 valence electrons. The first-order valence-electron chi connectivity index (χ1n) is 7.28. The number of fused-ring (bicyclic) bond motifs is 1. The minimum absolute atomic E-state index is 0.0279. The highest BCUT2D eigenvalue weighted by Gasteiger charge is 2.19. The van der Waals surface area contributed by atoms with Gasteiger partial charge in [0.1, 0.15) is 0 Å². The van der Waals surface area contributed by atoms with Crippen LogP contribution in [0, 0.1) is 6.92 Å². The molecule has 2 aromatic rings. The number of pyridine rings is 1. The highest BCUT2D eigenvalue weighted by molar-refractivity contribution is 5.95. The lowest BCUT2D eigenvalue weighted by atomic mass is 9.91. The summed E-state index contributed by atoms with van der Waals surface area (Å²) in [5.74, 6) is 0. The van der Waals surface area contributed by atoms with E-state index in [4.69, 9.17) is 5.73 Å². The number of H-pyrrole nitrogens is 1. The molecule has 1 aliphatic rings. The Balaban J connectivity index is 1.96. The molecule has 1 saturated carbocycles. The van der Waals surface area contributed by atoms with E-state index in [0.717, 1.165) is 47.7 Å². The van der Waals surface area contributed by atoms with Gasteiger partial charge in [0, 0.05) is 34.7 Å². The van der Waals surface area contributed by atoms with Crippen LogP contribution < -0.4 is 16.6 Å². The van der Waals surface area contributed by atoms with Gasteiger partial charge in [-0.3, -0.25) is 4.79 Å². The second-order valence-electron chi connectivity index (χ2n) is 5.78. The predicted octanol–water partition coefficient (Wildman–Crippen LogP) is 2.52. The number of anilines is 1. The predicted molar refractivity (Wildman–Crippen MR) is 83.2 cm³/mol. The number of hydrogen-bond donors (Lipinski definition) is 3. The summed E-state index contributed by atoms with van der Waals surface area (Å²) in [6, 6.07) is 6.68. The van der Waals surface area contributed by atoms with Crippen LogP contribution in [0.15, 0.2) is 29.2 Å². The van der Waals surface area contributed by atoms with Gasteiger partial charge in [-0.2, -0.15) is 0 Å². The fourth-order valence-corrected chi connectivity index (χ4v) is 3.09. The Hall–Kier alpha value is -1.81. The van der Waals surface area contributed by atoms with Crippen molar-refractivity contribution in [2.24, 2.45) is 5.73 Å². The molecule has 1 aromatic heterocycles. The van der Waals surface area contributed by atoms with E-state index in [-0.39, 0.29) is 5.56 Å². The molecular formula is C16H21N3O. The molecule has 3 rings (SSSR count). The van der Waals surface area contributed by atoms with E-state index in [1.165, 1.54) is 0 Å². The summed E-state index contributed by atoms with van der Waals surface area (Å²) in [6.45, 7) is 2.03. The van der Waals surface area contributed by atoms with Crippen LogP contribution in [-0.2, 0) is 0 Å². The second-order valence-corrected chi connectivity index (χ2v) is 5.78. The van der Waals surface area contributed by atoms with Crippen LogP contribution in [0.1, 0.15) is 31.2 Å². The van der Waals surface area contributed by atoms with E-state index in [1.807, 2.05) is 19.1 Å². The maximum Gasteiger partial charge on any atom is 0.255 e. The lowest BCUT2D eigenvalue weighted by molar-refractivity contribution is 0.411. The summed E-state index contributed by atoms with van der Waals surface area (Å²) < 4.78 is 0. The van der Waals surface area contributed by atoms with Crippen LogP contribution in [-0.4, -0.2) is 17.1 Å². The van der Waals surface area contributed by atoms with E-state index in [1.54, 1.807) is 6.20 Å². The number of nitrogens with one attached hydrogen (secondary N) is 2. The molecule has 1 fully saturated rings. The van der Waals surface area contributed by atoms with Crippen molar-refractivity contribution in [3.05, 3.63) is 40.3 Å². The quantitative estimate of drug-likeness (QED) is 0.786. The minimum Gasteiger partial charge on any atom is -0.382 e. The van der Waals surface area contributed by atoms with Crippen LogP contribution in [0.4, 0.5) is 5.69 Å². The van der Waals surface area contributed by atoms with Gasteiger partial charge in [0.2, 0.25) is 0 Å². The average Bonchev–Trinajstić information content (AvgIpc) is 2.46. The monoisotopic (exact) mass is 271 g/mol. The number of rotatable bonds is 2. The smallest absolute Gasteiger partial charge is 0.255 e. The standard InChI is InChI=1S/C16H21N3O/c1-10-9-18-16(20)13-3-2-4-14(15(10)13)19-12-7-5-11(17)6-8-12/h2-4,9,11-12,19H,5-8,17H2,1H3,(H,18,20). The van der Waals surface area contributed by atoms with Crippen molar-refractivity contribution in [2.45, 2.75) is 44.7 Å². The van der Waals surface area contributed by atoms with Crippen molar-refractivity contribution < 1.29 is 0 Å². The zero-order chi connectivity index (χ0) is 14.1. The molecule has 0 unspecified atom stereocenters. The molecule has 0 saturated heterocycles. The SMILES string of the molecule is Cc1c[nH]c(=O)c2cccc(NC3CCC(N)CC3)c12. The highest BCUT2D eigenvalue weighted by Crippen LogP contribution is 2.27. The third kappa shape index (κ3) is 2.43. The fourth-order valence-electron chi connectivity index (χ4n) is 3.09. The van der Waals surface area contributed by atoms with E-state index < -0.39 is 0 Å². The van der Waals surface area contributed by atoms with Crippen molar-refractivity contribution in [1.82, 2.24) is 4.98 Å². The first kappa shape index (κ1) is 13.2. The number of hydrogen-bond acceptors (Lipinski definition) is 3. The molecule has 1 heterocycles. The summed E-state index contributed by atoms with van der Waals surface area (Å²) in [5.41, 5.74) is 8.08. The van der Waals surface area contributed by atoms with Crippen LogP contribution in [0.25, 0.3) is 10.8 Å². The van der Waals surface area contributed by atoms with Crippen LogP contribution in [0.2, 0.25) is 0 Å². The maximum atomic E-state index is 11.9. The highest BCUT2D eigenvalue weighted by atomic mass is 16.1. The van der Waals surface area contributed by atoms with Crippen LogP contribution in [0.5, 0.6) is 0 Å². The third-order valence-corrected chi connectivity index (χ3v) is 4.25. The molecule has 1 aliphatic carbocycles. The zero-order valence-electron chi connectivity index (χ0n) is 11.8. The fraction of sp³-hybridized carbons (Fsp3) is 0.438. The van der Waals surface area contributed by atoms with Crippen LogP contribution >= 0.6 is 0 Å². The number of benzene rings is 1. The Morgan fingerprint density at radius 3 is 2.75 bits per heavy atom. The molecule has 0 spiro atoms. The number of aromatic amines is 1. The number of nitrogens with two attached hydrogens (primary N) is 1. The normalized spacial score (nSPS) is 22.9. The number of aromatic nitrogens is 1. The topological polar surface area (TPSA) is 70.9 Å². The molecule has 20 heavy (non-hydrogen) atoms. The summed E-state index contributed by atoms with van der Waals surface area (Å²) in [5, 5.41) is 5.39. The van der Waals surface area contributed by atoms with E-state index in [2.05, 4.69) is 16.4 Å². The molecule has 0 atom stereocenters. The zero-order valence-corrected chi connectivity index (χ0v) is 11.8. The van der Waals surface area contributed by atoms with Gasteiger partial charge in [0.25, 0.3) is 5.56 Å². The Morgan fingerprint density at radius 2 is 2.00 bits per heavy atom. The molecule has 0 amide bonds. The average molecular weight is 271 g/mol. The molecule has 0 aliphatic heterocycles. The number of aryl methyl sites for hydroxylation is 1. The summed E-state index contributed by atoms with van der Waals surface area (Å²) in [6.07, 6.45) is 6.12. The van der Waals surface area contributed by atoms with Crippen molar-refractivity contribution in [1.29, 1.82) is 0 Å². The van der Waals surface area contributed by atoms with Gasteiger partial charge in [-0.25, -0.2) is 0 Å². The lowest BCUT2D eigenvalue weighted by Crippen LogP contribution is -2.32. The molecule has 1 aromatic carbocycles. The van der Waals surface area contributed by atoms with Crippen molar-refractivity contribution in [2.75, 3.05) is 5.32 Å². The molecule has 4 N–H and O–H groups in total. The molecule has 0 bridgehead atoms. The third-order valence-electron chi connectivity index (χ3n) is 4.25. The van der Waals surface area contributed by atoms with E-state index in [0.29, 0.717) is 12.1 Å². The van der Waals surface area contributed by atoms with Crippen molar-refractivity contribution in [3.63, 3.8) is 0 Å².